The summed E-state index contributed by atoms with van der Waals surface area (Å²) in [6, 6.07) is 3.01. The maximum absolute atomic E-state index is 13.8. The highest BCUT2D eigenvalue weighted by Gasteiger charge is 2.34. The Bertz CT molecular complexity index is 771. The number of hydrogen-bond donors (Lipinski definition) is 0. The van der Waals surface area contributed by atoms with E-state index >= 15 is 0 Å². The van der Waals surface area contributed by atoms with Crippen molar-refractivity contribution < 1.29 is 27.1 Å². The number of carbonyl (C=O) groups is 1. The fourth-order valence-corrected chi connectivity index (χ4v) is 2.35. The summed E-state index contributed by atoms with van der Waals surface area (Å²) in [5.41, 5.74) is -1.12. The van der Waals surface area contributed by atoms with Crippen molar-refractivity contribution in [2.24, 2.45) is 0 Å². The summed E-state index contributed by atoms with van der Waals surface area (Å²) in [4.78, 5) is 17.4. The van der Waals surface area contributed by atoms with Gasteiger partial charge in [-0.1, -0.05) is 0 Å². The molecule has 0 aliphatic carbocycles. The Morgan fingerprint density at radius 2 is 1.91 bits per heavy atom. The zero-order valence-corrected chi connectivity index (χ0v) is 11.8. The van der Waals surface area contributed by atoms with Crippen LogP contribution < -0.4 is 9.64 Å². The molecule has 0 saturated heterocycles. The summed E-state index contributed by atoms with van der Waals surface area (Å²) in [7, 11) is 0. The van der Waals surface area contributed by atoms with E-state index in [1.54, 1.807) is 6.92 Å². The van der Waals surface area contributed by atoms with E-state index in [1.165, 1.54) is 18.3 Å². The standard InChI is InChI=1S/C15H10F4N2O2/c1-7-6-21(10-3-2-4-20-14(10)23-7)15(22)11-12(18)8(16)5-9(17)13(11)19/h2-5,7H,6H2,1H3. The van der Waals surface area contributed by atoms with Crippen LogP contribution in [-0.2, 0) is 0 Å². The second-order valence-electron chi connectivity index (χ2n) is 5.02. The largest absolute Gasteiger partial charge is 0.471 e. The molecular formula is C15H10F4N2O2. The van der Waals surface area contributed by atoms with E-state index in [9.17, 15) is 22.4 Å². The van der Waals surface area contributed by atoms with E-state index in [1.807, 2.05) is 0 Å². The Hall–Kier alpha value is -2.64. The van der Waals surface area contributed by atoms with E-state index in [-0.39, 0.29) is 24.2 Å². The van der Waals surface area contributed by atoms with Crippen LogP contribution in [0.15, 0.2) is 24.4 Å². The van der Waals surface area contributed by atoms with Crippen LogP contribution in [0, 0.1) is 23.3 Å². The average molecular weight is 326 g/mol. The van der Waals surface area contributed by atoms with Crippen LogP contribution in [0.4, 0.5) is 23.2 Å². The molecule has 3 rings (SSSR count). The highest BCUT2D eigenvalue weighted by atomic mass is 19.2. The number of ether oxygens (including phenoxy) is 1. The monoisotopic (exact) mass is 326 g/mol. The molecule has 0 fully saturated rings. The number of fused-ring (bicyclic) bond motifs is 1. The minimum absolute atomic E-state index is 0.0471. The third kappa shape index (κ3) is 2.49. The zero-order valence-electron chi connectivity index (χ0n) is 11.8. The zero-order chi connectivity index (χ0) is 16.7. The van der Waals surface area contributed by atoms with Gasteiger partial charge in [-0.05, 0) is 19.1 Å². The molecule has 0 spiro atoms. The highest BCUT2D eigenvalue weighted by Crippen LogP contribution is 2.33. The Morgan fingerprint density at radius 1 is 1.26 bits per heavy atom. The number of anilines is 1. The van der Waals surface area contributed by atoms with Crippen molar-refractivity contribution in [3.63, 3.8) is 0 Å². The lowest BCUT2D eigenvalue weighted by molar-refractivity contribution is 0.0948. The molecule has 1 aliphatic rings. The predicted molar refractivity (Wildman–Crippen MR) is 72.3 cm³/mol. The maximum Gasteiger partial charge on any atom is 0.264 e. The first-order chi connectivity index (χ1) is 10.9. The SMILES string of the molecule is CC1CN(C(=O)c2c(F)c(F)cc(F)c2F)c2cccnc2O1. The number of amides is 1. The van der Waals surface area contributed by atoms with E-state index in [2.05, 4.69) is 4.98 Å². The number of rotatable bonds is 1. The quantitative estimate of drug-likeness (QED) is 0.597. The number of nitrogens with zero attached hydrogens (tertiary/aromatic N) is 2. The average Bonchev–Trinajstić information content (AvgIpc) is 2.52. The third-order valence-corrected chi connectivity index (χ3v) is 3.37. The van der Waals surface area contributed by atoms with Crippen LogP contribution in [-0.4, -0.2) is 23.5 Å². The molecule has 1 amide bonds. The van der Waals surface area contributed by atoms with Gasteiger partial charge in [-0.15, -0.1) is 0 Å². The second-order valence-corrected chi connectivity index (χ2v) is 5.02. The summed E-state index contributed by atoms with van der Waals surface area (Å²) >= 11 is 0. The Morgan fingerprint density at radius 3 is 2.57 bits per heavy atom. The molecule has 1 atom stereocenters. The molecule has 1 aromatic carbocycles. The molecule has 8 heteroatoms. The fraction of sp³-hybridized carbons (Fsp3) is 0.200. The van der Waals surface area contributed by atoms with E-state index in [0.29, 0.717) is 0 Å². The molecule has 2 heterocycles. The lowest BCUT2D eigenvalue weighted by Gasteiger charge is -2.32. The summed E-state index contributed by atoms with van der Waals surface area (Å²) in [5.74, 6) is -7.86. The first-order valence-electron chi connectivity index (χ1n) is 6.66. The number of aromatic nitrogens is 1. The molecule has 0 N–H and O–H groups in total. The van der Waals surface area contributed by atoms with Gasteiger partial charge < -0.3 is 4.74 Å². The molecule has 4 nitrogen and oxygen atoms in total. The van der Waals surface area contributed by atoms with E-state index in [4.69, 9.17) is 4.74 Å². The van der Waals surface area contributed by atoms with Gasteiger partial charge in [-0.25, -0.2) is 22.5 Å². The normalized spacial score (nSPS) is 16.7. The molecule has 1 unspecified atom stereocenters. The highest BCUT2D eigenvalue weighted by molar-refractivity contribution is 6.07. The Balaban J connectivity index is 2.12. The summed E-state index contributed by atoms with van der Waals surface area (Å²) in [5, 5.41) is 0. The van der Waals surface area contributed by atoms with Gasteiger partial charge in [0.15, 0.2) is 23.3 Å². The number of benzene rings is 1. The van der Waals surface area contributed by atoms with Gasteiger partial charge in [0.2, 0.25) is 5.88 Å². The van der Waals surface area contributed by atoms with Crippen LogP contribution in [0.1, 0.15) is 17.3 Å². The molecule has 120 valence electrons. The first-order valence-corrected chi connectivity index (χ1v) is 6.66. The molecule has 23 heavy (non-hydrogen) atoms. The van der Waals surface area contributed by atoms with Crippen molar-refractivity contribution in [3.8, 4) is 5.88 Å². The minimum atomic E-state index is -1.74. The smallest absolute Gasteiger partial charge is 0.264 e. The van der Waals surface area contributed by atoms with Crippen molar-refractivity contribution >= 4 is 11.6 Å². The van der Waals surface area contributed by atoms with E-state index < -0.39 is 40.8 Å². The van der Waals surface area contributed by atoms with Crippen molar-refractivity contribution in [1.82, 2.24) is 4.98 Å². The van der Waals surface area contributed by atoms with E-state index in [0.717, 1.165) is 4.90 Å². The van der Waals surface area contributed by atoms with Gasteiger partial charge in [0.25, 0.3) is 5.91 Å². The van der Waals surface area contributed by atoms with Crippen LogP contribution >= 0.6 is 0 Å². The predicted octanol–water partition coefficient (Wildman–Crippen LogP) is 3.07. The Kier molecular flexibility index (Phi) is 3.67. The van der Waals surface area contributed by atoms with Crippen LogP contribution in [0.25, 0.3) is 0 Å². The Labute approximate surface area is 128 Å². The fourth-order valence-electron chi connectivity index (χ4n) is 2.35. The van der Waals surface area contributed by atoms with Gasteiger partial charge in [0, 0.05) is 12.3 Å². The van der Waals surface area contributed by atoms with Crippen molar-refractivity contribution in [1.29, 1.82) is 0 Å². The van der Waals surface area contributed by atoms with Crippen molar-refractivity contribution in [3.05, 3.63) is 53.2 Å². The van der Waals surface area contributed by atoms with Gasteiger partial charge >= 0.3 is 0 Å². The molecule has 1 aliphatic heterocycles. The van der Waals surface area contributed by atoms with Crippen LogP contribution in [0.3, 0.4) is 0 Å². The number of carbonyl (C=O) groups excluding carboxylic acids is 1. The lowest BCUT2D eigenvalue weighted by atomic mass is 10.1. The third-order valence-electron chi connectivity index (χ3n) is 3.37. The number of hydrogen-bond acceptors (Lipinski definition) is 3. The molecule has 0 radical (unpaired) electrons. The molecule has 0 saturated carbocycles. The van der Waals surface area contributed by atoms with Gasteiger partial charge in [-0.3, -0.25) is 9.69 Å². The molecular weight excluding hydrogens is 316 g/mol. The summed E-state index contributed by atoms with van der Waals surface area (Å²) in [6.07, 6.45) is 0.911. The van der Waals surface area contributed by atoms with Gasteiger partial charge in [0.05, 0.1) is 6.54 Å². The van der Waals surface area contributed by atoms with Crippen LogP contribution in [0.2, 0.25) is 0 Å². The van der Waals surface area contributed by atoms with Gasteiger partial charge in [0.1, 0.15) is 17.4 Å². The topological polar surface area (TPSA) is 42.4 Å². The number of halogens is 4. The minimum Gasteiger partial charge on any atom is -0.471 e. The maximum atomic E-state index is 13.8. The lowest BCUT2D eigenvalue weighted by Crippen LogP contribution is -2.43. The van der Waals surface area contributed by atoms with Crippen molar-refractivity contribution in [2.45, 2.75) is 13.0 Å². The molecule has 2 aromatic rings. The summed E-state index contributed by atoms with van der Waals surface area (Å²) < 4.78 is 59.8. The van der Waals surface area contributed by atoms with Crippen molar-refractivity contribution in [2.75, 3.05) is 11.4 Å². The molecule has 1 aromatic heterocycles. The first kappa shape index (κ1) is 15.3. The number of pyridine rings is 1. The van der Waals surface area contributed by atoms with Gasteiger partial charge in [-0.2, -0.15) is 0 Å². The molecule has 0 bridgehead atoms. The van der Waals surface area contributed by atoms with Crippen LogP contribution in [0.5, 0.6) is 5.88 Å². The summed E-state index contributed by atoms with van der Waals surface area (Å²) in [6.45, 7) is 1.57. The second kappa shape index (κ2) is 5.53.